The van der Waals surface area contributed by atoms with Gasteiger partial charge < -0.3 is 15.2 Å². The van der Waals surface area contributed by atoms with E-state index in [1.54, 1.807) is 26.8 Å². The van der Waals surface area contributed by atoms with Gasteiger partial charge in [-0.05, 0) is 49.1 Å². The second-order valence-electron chi connectivity index (χ2n) is 7.90. The molecule has 1 aromatic heterocycles. The van der Waals surface area contributed by atoms with Crippen molar-refractivity contribution in [1.29, 1.82) is 0 Å². The van der Waals surface area contributed by atoms with Gasteiger partial charge in [0.25, 0.3) is 12.3 Å². The zero-order chi connectivity index (χ0) is 26.0. The fraction of sp³-hybridized carbons (Fsp3) is 0.292. The molecule has 35 heavy (non-hydrogen) atoms. The zero-order valence-corrected chi connectivity index (χ0v) is 19.3. The van der Waals surface area contributed by atoms with Crippen LogP contribution in [-0.4, -0.2) is 26.8 Å². The highest BCUT2D eigenvalue weighted by atomic mass is 19.3. The second kappa shape index (κ2) is 10.2. The number of carboxylic acid groups (broad SMARTS) is 1. The quantitative estimate of drug-likeness (QED) is 0.405. The number of amides is 1. The Morgan fingerprint density at radius 3 is 2.46 bits per heavy atom. The highest BCUT2D eigenvalue weighted by Crippen LogP contribution is 2.34. The van der Waals surface area contributed by atoms with Crippen LogP contribution in [-0.2, 0) is 13.5 Å². The first-order valence-corrected chi connectivity index (χ1v) is 10.6. The number of halogens is 4. The molecule has 2 N–H and O–H groups in total. The number of aromatic nitrogens is 2. The summed E-state index contributed by atoms with van der Waals surface area (Å²) in [6, 6.07) is 5.72. The van der Waals surface area contributed by atoms with Crippen molar-refractivity contribution in [3.05, 3.63) is 75.5 Å². The summed E-state index contributed by atoms with van der Waals surface area (Å²) in [7, 11) is 1.27. The lowest BCUT2D eigenvalue weighted by molar-refractivity contribution is 0.0695. The molecule has 1 amide bonds. The second-order valence-corrected chi connectivity index (χ2v) is 7.90. The summed E-state index contributed by atoms with van der Waals surface area (Å²) in [6.45, 7) is 4.79. The van der Waals surface area contributed by atoms with Crippen molar-refractivity contribution in [2.75, 3.05) is 0 Å². The van der Waals surface area contributed by atoms with E-state index in [2.05, 4.69) is 10.4 Å². The van der Waals surface area contributed by atoms with Gasteiger partial charge in [0.05, 0.1) is 11.6 Å². The lowest BCUT2D eigenvalue weighted by Crippen LogP contribution is -2.28. The minimum Gasteiger partial charge on any atom is -0.478 e. The molecule has 0 aliphatic heterocycles. The molecule has 186 valence electrons. The van der Waals surface area contributed by atoms with Crippen molar-refractivity contribution in [2.45, 2.75) is 39.7 Å². The highest BCUT2D eigenvalue weighted by molar-refractivity contribution is 5.98. The van der Waals surface area contributed by atoms with Gasteiger partial charge in [-0.2, -0.15) is 5.10 Å². The number of carbonyl (C=O) groups excluding carboxylic acids is 1. The van der Waals surface area contributed by atoms with Crippen LogP contribution in [0.25, 0.3) is 0 Å². The van der Waals surface area contributed by atoms with Gasteiger partial charge in [0.15, 0.2) is 11.6 Å². The van der Waals surface area contributed by atoms with Crippen molar-refractivity contribution in [3.8, 4) is 11.6 Å². The third-order valence-corrected chi connectivity index (χ3v) is 5.46. The maximum absolute atomic E-state index is 14.0. The molecule has 3 aromatic rings. The summed E-state index contributed by atoms with van der Waals surface area (Å²) in [5.74, 6) is -4.84. The Bertz CT molecular complexity index is 1290. The van der Waals surface area contributed by atoms with Gasteiger partial charge in [-0.15, -0.1) is 0 Å². The summed E-state index contributed by atoms with van der Waals surface area (Å²) in [5.41, 5.74) is -0.304. The molecule has 0 bridgehead atoms. The first-order valence-electron chi connectivity index (χ1n) is 10.6. The van der Waals surface area contributed by atoms with E-state index in [0.29, 0.717) is 11.1 Å². The highest BCUT2D eigenvalue weighted by Gasteiger charge is 2.31. The van der Waals surface area contributed by atoms with Crippen LogP contribution >= 0.6 is 0 Å². The van der Waals surface area contributed by atoms with Gasteiger partial charge in [0, 0.05) is 13.1 Å². The van der Waals surface area contributed by atoms with Crippen LogP contribution < -0.4 is 10.1 Å². The molecular weight excluding hydrogens is 470 g/mol. The molecule has 2 aromatic carbocycles. The Morgan fingerprint density at radius 2 is 1.89 bits per heavy atom. The molecular formula is C24H23F4N3O4. The van der Waals surface area contributed by atoms with Crippen molar-refractivity contribution in [1.82, 2.24) is 15.1 Å². The molecule has 0 aliphatic rings. The molecule has 11 heteroatoms. The maximum Gasteiger partial charge on any atom is 0.335 e. The van der Waals surface area contributed by atoms with Crippen LogP contribution in [0.15, 0.2) is 30.3 Å². The van der Waals surface area contributed by atoms with Crippen molar-refractivity contribution in [3.63, 3.8) is 0 Å². The fourth-order valence-corrected chi connectivity index (χ4v) is 3.61. The molecule has 0 fully saturated rings. The third kappa shape index (κ3) is 5.28. The number of carboxylic acids is 1. The van der Waals surface area contributed by atoms with E-state index in [-0.39, 0.29) is 29.2 Å². The Labute approximate surface area is 198 Å². The fourth-order valence-electron chi connectivity index (χ4n) is 3.61. The molecule has 0 saturated carbocycles. The number of carbonyl (C=O) groups is 2. The zero-order valence-electron chi connectivity index (χ0n) is 19.3. The molecule has 1 heterocycles. The van der Waals surface area contributed by atoms with E-state index >= 15 is 0 Å². The number of hydrogen-bond donors (Lipinski definition) is 2. The largest absolute Gasteiger partial charge is 0.478 e. The molecule has 1 atom stereocenters. The number of hydrogen-bond acceptors (Lipinski definition) is 4. The van der Waals surface area contributed by atoms with E-state index in [9.17, 15) is 32.3 Å². The number of aryl methyl sites for hydroxylation is 3. The summed E-state index contributed by atoms with van der Waals surface area (Å²) >= 11 is 0. The predicted molar refractivity (Wildman–Crippen MR) is 118 cm³/mol. The van der Waals surface area contributed by atoms with E-state index in [1.165, 1.54) is 25.2 Å². The van der Waals surface area contributed by atoms with E-state index in [1.807, 2.05) is 0 Å². The topological polar surface area (TPSA) is 93.4 Å². The van der Waals surface area contributed by atoms with Crippen LogP contribution in [0, 0.1) is 18.6 Å². The first kappa shape index (κ1) is 25.7. The SMILES string of the molecule is CCc1cc(Oc2c(C(=O)NC(C)c3ccc(C(=O)O)c(C)c3)c(C(F)F)nn2C)cc(F)c1F. The van der Waals surface area contributed by atoms with Gasteiger partial charge in [0.2, 0.25) is 5.88 Å². The Balaban J connectivity index is 1.96. The molecule has 0 saturated heterocycles. The number of ether oxygens (including phenoxy) is 1. The summed E-state index contributed by atoms with van der Waals surface area (Å²) in [4.78, 5) is 24.3. The lowest BCUT2D eigenvalue weighted by atomic mass is 10.0. The van der Waals surface area contributed by atoms with Crippen LogP contribution in [0.1, 0.15) is 69.4 Å². The molecule has 0 radical (unpaired) electrons. The predicted octanol–water partition coefficient (Wildman–Crippen LogP) is 5.49. The van der Waals surface area contributed by atoms with Crippen LogP contribution in [0.4, 0.5) is 17.6 Å². The van der Waals surface area contributed by atoms with Crippen LogP contribution in [0.3, 0.4) is 0 Å². The Kier molecular flexibility index (Phi) is 7.47. The van der Waals surface area contributed by atoms with Crippen molar-refractivity contribution < 1.29 is 37.0 Å². The molecule has 1 unspecified atom stereocenters. The minimum absolute atomic E-state index is 0.0102. The first-order chi connectivity index (χ1) is 16.4. The average Bonchev–Trinajstić information content (AvgIpc) is 3.12. The third-order valence-electron chi connectivity index (χ3n) is 5.46. The van der Waals surface area contributed by atoms with Crippen molar-refractivity contribution in [2.24, 2.45) is 7.05 Å². The number of benzene rings is 2. The van der Waals surface area contributed by atoms with Gasteiger partial charge >= 0.3 is 5.97 Å². The van der Waals surface area contributed by atoms with Gasteiger partial charge in [0.1, 0.15) is 17.0 Å². The summed E-state index contributed by atoms with van der Waals surface area (Å²) < 4.78 is 61.8. The smallest absolute Gasteiger partial charge is 0.335 e. The minimum atomic E-state index is -3.12. The van der Waals surface area contributed by atoms with Crippen LogP contribution in [0.2, 0.25) is 0 Å². The van der Waals surface area contributed by atoms with E-state index in [4.69, 9.17) is 4.74 Å². The molecule has 0 aliphatic carbocycles. The summed E-state index contributed by atoms with van der Waals surface area (Å²) in [5, 5.41) is 15.4. The van der Waals surface area contributed by atoms with E-state index < -0.39 is 47.2 Å². The number of alkyl halides is 2. The normalized spacial score (nSPS) is 12.0. The van der Waals surface area contributed by atoms with Crippen LogP contribution in [0.5, 0.6) is 11.6 Å². The average molecular weight is 493 g/mol. The Morgan fingerprint density at radius 1 is 1.20 bits per heavy atom. The number of rotatable bonds is 8. The van der Waals surface area contributed by atoms with Gasteiger partial charge in [-0.1, -0.05) is 19.1 Å². The summed E-state index contributed by atoms with van der Waals surface area (Å²) in [6.07, 6.45) is -2.97. The van der Waals surface area contributed by atoms with E-state index in [0.717, 1.165) is 10.7 Å². The lowest BCUT2D eigenvalue weighted by Gasteiger charge is -2.17. The number of nitrogens with one attached hydrogen (secondary N) is 1. The molecule has 0 spiro atoms. The Hall–Kier alpha value is -3.89. The molecule has 3 rings (SSSR count). The number of nitrogens with zero attached hydrogens (tertiary/aromatic N) is 2. The standard InChI is InChI=1S/C24H23F4N3O4/c1-5-13-9-15(10-17(25)19(13)26)35-23-18(20(21(27)28)30-31(23)4)22(32)29-12(3)14-6-7-16(24(33)34)11(2)8-14/h6-10,12,21H,5H2,1-4H3,(H,29,32)(H,33,34). The van der Waals surface area contributed by atoms with Gasteiger partial charge in [-0.3, -0.25) is 4.79 Å². The van der Waals surface area contributed by atoms with Gasteiger partial charge in [-0.25, -0.2) is 27.0 Å². The monoisotopic (exact) mass is 493 g/mol. The van der Waals surface area contributed by atoms with Crippen molar-refractivity contribution >= 4 is 11.9 Å². The maximum atomic E-state index is 14.0. The molecule has 7 nitrogen and oxygen atoms in total. The number of aromatic carboxylic acids is 1.